The van der Waals surface area contributed by atoms with Gasteiger partial charge in [0, 0.05) is 70.0 Å². The van der Waals surface area contributed by atoms with Crippen molar-refractivity contribution < 1.29 is 8.91 Å². The van der Waals surface area contributed by atoms with Crippen LogP contribution in [-0.2, 0) is 20.1 Å². The number of pyridine rings is 1. The van der Waals surface area contributed by atoms with Gasteiger partial charge in [0.05, 0.1) is 0 Å². The number of nitrogens with zero attached hydrogens (tertiary/aromatic N) is 4. The van der Waals surface area contributed by atoms with Crippen LogP contribution in [0.3, 0.4) is 0 Å². The monoisotopic (exact) mass is 356 g/mol. The summed E-state index contributed by atoms with van der Waals surface area (Å²) < 4.78 is 20.1. The van der Waals surface area contributed by atoms with Crippen LogP contribution in [0.5, 0.6) is 0 Å². The number of aryl methyl sites for hydroxylation is 1. The molecule has 1 fully saturated rings. The van der Waals surface area contributed by atoms with Crippen molar-refractivity contribution in [2.75, 3.05) is 26.2 Å². The maximum absolute atomic E-state index is 13.2. The van der Waals surface area contributed by atoms with Gasteiger partial charge in [0.1, 0.15) is 11.5 Å². The Labute approximate surface area is 150 Å². The fraction of sp³-hybridized carbons (Fsp3) is 0.368. The van der Waals surface area contributed by atoms with Crippen molar-refractivity contribution in [3.63, 3.8) is 0 Å². The van der Waals surface area contributed by atoms with Crippen molar-refractivity contribution >= 4 is 11.0 Å². The first-order valence-electron chi connectivity index (χ1n) is 8.72. The maximum Gasteiger partial charge on any atom is 0.250 e. The summed E-state index contributed by atoms with van der Waals surface area (Å²) in [6.07, 6.45) is 1.81. The number of rotatable bonds is 4. The molecule has 3 aromatic rings. The standard InChI is InChI=1S/C19H21FN4O2/c1-22-5-4-14(10-19(22)25)12-23-6-8-24(9-7-23)13-17-16-3-2-15(20)11-18(16)26-21-17/h2-5,10-11H,6-9,12-13H2,1H3. The zero-order valence-electron chi connectivity index (χ0n) is 14.7. The Morgan fingerprint density at radius 1 is 1.08 bits per heavy atom. The first-order chi connectivity index (χ1) is 12.6. The average molecular weight is 356 g/mol. The van der Waals surface area contributed by atoms with E-state index in [1.165, 1.54) is 12.1 Å². The second-order valence-corrected chi connectivity index (χ2v) is 6.81. The highest BCUT2D eigenvalue weighted by atomic mass is 19.1. The van der Waals surface area contributed by atoms with Crippen LogP contribution in [-0.4, -0.2) is 45.7 Å². The zero-order valence-corrected chi connectivity index (χ0v) is 14.7. The van der Waals surface area contributed by atoms with E-state index in [1.807, 2.05) is 12.3 Å². The lowest BCUT2D eigenvalue weighted by atomic mass is 10.2. The van der Waals surface area contributed by atoms with Gasteiger partial charge in [0.2, 0.25) is 0 Å². The summed E-state index contributed by atoms with van der Waals surface area (Å²) in [6.45, 7) is 5.18. The molecule has 1 aliphatic rings. The molecule has 0 unspecified atom stereocenters. The van der Waals surface area contributed by atoms with E-state index in [9.17, 15) is 9.18 Å². The van der Waals surface area contributed by atoms with Crippen molar-refractivity contribution in [2.45, 2.75) is 13.1 Å². The summed E-state index contributed by atoms with van der Waals surface area (Å²) >= 11 is 0. The van der Waals surface area contributed by atoms with E-state index in [2.05, 4.69) is 15.0 Å². The van der Waals surface area contributed by atoms with Gasteiger partial charge in [-0.2, -0.15) is 0 Å². The normalized spacial score (nSPS) is 16.4. The van der Waals surface area contributed by atoms with Crippen LogP contribution < -0.4 is 5.56 Å². The minimum absolute atomic E-state index is 0.0236. The molecule has 0 spiro atoms. The highest BCUT2D eigenvalue weighted by molar-refractivity contribution is 5.79. The Hall–Kier alpha value is -2.51. The minimum atomic E-state index is -0.315. The minimum Gasteiger partial charge on any atom is -0.356 e. The molecule has 0 bridgehead atoms. The Balaban J connectivity index is 1.35. The summed E-state index contributed by atoms with van der Waals surface area (Å²) in [6, 6.07) is 8.23. The van der Waals surface area contributed by atoms with Gasteiger partial charge in [0.15, 0.2) is 5.58 Å². The predicted octanol–water partition coefficient (Wildman–Crippen LogP) is 1.98. The third-order valence-corrected chi connectivity index (χ3v) is 4.92. The van der Waals surface area contributed by atoms with Gasteiger partial charge in [0.25, 0.3) is 5.56 Å². The quantitative estimate of drug-likeness (QED) is 0.716. The summed E-state index contributed by atoms with van der Waals surface area (Å²) in [7, 11) is 1.76. The van der Waals surface area contributed by atoms with Crippen molar-refractivity contribution in [2.24, 2.45) is 7.05 Å². The molecule has 26 heavy (non-hydrogen) atoms. The van der Waals surface area contributed by atoms with Gasteiger partial charge in [-0.1, -0.05) is 5.16 Å². The molecule has 6 nitrogen and oxygen atoms in total. The summed E-state index contributed by atoms with van der Waals surface area (Å²) in [5.41, 5.74) is 2.41. The topological polar surface area (TPSA) is 54.5 Å². The molecule has 0 aliphatic carbocycles. The lowest BCUT2D eigenvalue weighted by Gasteiger charge is -2.34. The van der Waals surface area contributed by atoms with Gasteiger partial charge in [-0.3, -0.25) is 14.6 Å². The first kappa shape index (κ1) is 16.9. The molecule has 0 amide bonds. The molecule has 1 saturated heterocycles. The van der Waals surface area contributed by atoms with Gasteiger partial charge < -0.3 is 9.09 Å². The molecule has 1 aromatic carbocycles. The van der Waals surface area contributed by atoms with Crippen LogP contribution in [0.15, 0.2) is 45.8 Å². The zero-order chi connectivity index (χ0) is 18.1. The van der Waals surface area contributed by atoms with Crippen LogP contribution in [0.2, 0.25) is 0 Å². The predicted molar refractivity (Wildman–Crippen MR) is 96.2 cm³/mol. The molecule has 0 radical (unpaired) electrons. The lowest BCUT2D eigenvalue weighted by Crippen LogP contribution is -2.45. The van der Waals surface area contributed by atoms with Crippen LogP contribution in [0, 0.1) is 5.82 Å². The average Bonchev–Trinajstić information content (AvgIpc) is 3.02. The van der Waals surface area contributed by atoms with E-state index in [0.717, 1.165) is 49.4 Å². The molecule has 4 rings (SSSR count). The number of hydrogen-bond donors (Lipinski definition) is 0. The molecular weight excluding hydrogens is 335 g/mol. The molecule has 0 N–H and O–H groups in total. The Morgan fingerprint density at radius 3 is 2.54 bits per heavy atom. The molecule has 7 heteroatoms. The number of halogens is 1. The third-order valence-electron chi connectivity index (χ3n) is 4.92. The second kappa shape index (κ2) is 7.01. The van der Waals surface area contributed by atoms with Crippen molar-refractivity contribution in [3.8, 4) is 0 Å². The highest BCUT2D eigenvalue weighted by Gasteiger charge is 2.19. The Morgan fingerprint density at radius 2 is 1.81 bits per heavy atom. The second-order valence-electron chi connectivity index (χ2n) is 6.81. The molecule has 0 atom stereocenters. The maximum atomic E-state index is 13.2. The van der Waals surface area contributed by atoms with Gasteiger partial charge in [-0.05, 0) is 23.8 Å². The SMILES string of the molecule is Cn1ccc(CN2CCN(Cc3noc4cc(F)ccc34)CC2)cc1=O. The number of aromatic nitrogens is 2. The van der Waals surface area contributed by atoms with Crippen molar-refractivity contribution in [3.05, 3.63) is 64.0 Å². The van der Waals surface area contributed by atoms with E-state index in [-0.39, 0.29) is 11.4 Å². The summed E-state index contributed by atoms with van der Waals surface area (Å²) in [5, 5.41) is 4.97. The van der Waals surface area contributed by atoms with Gasteiger partial charge in [-0.25, -0.2) is 4.39 Å². The molecule has 2 aromatic heterocycles. The number of fused-ring (bicyclic) bond motifs is 1. The van der Waals surface area contributed by atoms with E-state index in [4.69, 9.17) is 4.52 Å². The first-order valence-corrected chi connectivity index (χ1v) is 8.72. The van der Waals surface area contributed by atoms with Crippen LogP contribution in [0.4, 0.5) is 4.39 Å². The molecule has 0 saturated carbocycles. The Bertz CT molecular complexity index is 973. The molecular formula is C19H21FN4O2. The summed E-state index contributed by atoms with van der Waals surface area (Å²) in [5.74, 6) is -0.315. The Kier molecular flexibility index (Phi) is 4.57. The molecule has 136 valence electrons. The smallest absolute Gasteiger partial charge is 0.250 e. The number of hydrogen-bond acceptors (Lipinski definition) is 5. The van der Waals surface area contributed by atoms with E-state index in [0.29, 0.717) is 12.1 Å². The van der Waals surface area contributed by atoms with E-state index in [1.54, 1.807) is 23.7 Å². The largest absolute Gasteiger partial charge is 0.356 e. The highest BCUT2D eigenvalue weighted by Crippen LogP contribution is 2.21. The van der Waals surface area contributed by atoms with Crippen molar-refractivity contribution in [1.29, 1.82) is 0 Å². The van der Waals surface area contributed by atoms with E-state index < -0.39 is 0 Å². The van der Waals surface area contributed by atoms with Gasteiger partial charge in [-0.15, -0.1) is 0 Å². The lowest BCUT2D eigenvalue weighted by molar-refractivity contribution is 0.120. The van der Waals surface area contributed by atoms with E-state index >= 15 is 0 Å². The van der Waals surface area contributed by atoms with Crippen LogP contribution in [0.1, 0.15) is 11.3 Å². The van der Waals surface area contributed by atoms with Crippen molar-refractivity contribution in [1.82, 2.24) is 19.5 Å². The number of benzene rings is 1. The summed E-state index contributed by atoms with van der Waals surface area (Å²) in [4.78, 5) is 16.4. The van der Waals surface area contributed by atoms with Gasteiger partial charge >= 0.3 is 0 Å². The molecule has 3 heterocycles. The fourth-order valence-corrected chi connectivity index (χ4v) is 3.34. The van der Waals surface area contributed by atoms with Crippen LogP contribution in [0.25, 0.3) is 11.0 Å². The third kappa shape index (κ3) is 3.54. The number of piperazine rings is 1. The van der Waals surface area contributed by atoms with Crippen LogP contribution >= 0.6 is 0 Å². The molecule has 1 aliphatic heterocycles. The fourth-order valence-electron chi connectivity index (χ4n) is 3.34.